The maximum absolute atomic E-state index is 13.0. The quantitative estimate of drug-likeness (QED) is 0.622. The van der Waals surface area contributed by atoms with Crippen LogP contribution in [-0.4, -0.2) is 12.5 Å². The van der Waals surface area contributed by atoms with Crippen molar-refractivity contribution in [3.63, 3.8) is 0 Å². The molecule has 3 aromatic rings. The molecule has 0 atom stereocenters. The number of amides is 1. The molecule has 3 rings (SSSR count). The van der Waals surface area contributed by atoms with Crippen molar-refractivity contribution in [2.45, 2.75) is 0 Å². The summed E-state index contributed by atoms with van der Waals surface area (Å²) in [4.78, 5) is 13.2. The minimum Gasteiger partial charge on any atom is -0.483 e. The summed E-state index contributed by atoms with van der Waals surface area (Å²) in [6.45, 7) is -0.164. The van der Waals surface area contributed by atoms with Crippen LogP contribution in [0, 0.1) is 5.82 Å². The lowest BCUT2D eigenvalue weighted by Gasteiger charge is -2.11. The van der Waals surface area contributed by atoms with Crippen LogP contribution in [-0.2, 0) is 4.79 Å². The Hall–Kier alpha value is -2.18. The molecule has 0 aliphatic heterocycles. The van der Waals surface area contributed by atoms with Gasteiger partial charge in [-0.15, -0.1) is 11.3 Å². The van der Waals surface area contributed by atoms with Gasteiger partial charge in [-0.2, -0.15) is 0 Å². The number of halogens is 2. The molecule has 0 aliphatic rings. The molecule has 0 spiro atoms. The molecule has 0 radical (unpaired) electrons. The summed E-state index contributed by atoms with van der Waals surface area (Å²) in [5, 5.41) is 4.84. The van der Waals surface area contributed by atoms with Crippen molar-refractivity contribution in [3.05, 3.63) is 70.3 Å². The maximum atomic E-state index is 13.0. The van der Waals surface area contributed by atoms with E-state index in [9.17, 15) is 9.18 Å². The third kappa shape index (κ3) is 4.01. The minimum atomic E-state index is -0.372. The molecule has 2 aromatic carbocycles. The van der Waals surface area contributed by atoms with Crippen molar-refractivity contribution in [3.8, 4) is 16.2 Å². The van der Waals surface area contributed by atoms with E-state index in [2.05, 4.69) is 21.2 Å². The van der Waals surface area contributed by atoms with Gasteiger partial charge in [0.2, 0.25) is 0 Å². The minimum absolute atomic E-state index is 0.164. The normalized spacial score (nSPS) is 10.4. The zero-order chi connectivity index (χ0) is 16.9. The zero-order valence-electron chi connectivity index (χ0n) is 12.5. The average Bonchev–Trinajstić information content (AvgIpc) is 3.09. The summed E-state index contributed by atoms with van der Waals surface area (Å²) >= 11 is 4.81. The number of hydrogen-bond acceptors (Lipinski definition) is 3. The van der Waals surface area contributed by atoms with Crippen LogP contribution in [0.1, 0.15) is 0 Å². The first kappa shape index (κ1) is 16.7. The SMILES string of the molecule is O=C(COc1ccc(F)cc1Br)Nc1ccccc1-c1cccs1. The zero-order valence-corrected chi connectivity index (χ0v) is 14.9. The first-order chi connectivity index (χ1) is 11.6. The van der Waals surface area contributed by atoms with Gasteiger partial charge in [-0.25, -0.2) is 4.39 Å². The number of nitrogens with one attached hydrogen (secondary N) is 1. The molecule has 0 saturated carbocycles. The number of thiophene rings is 1. The van der Waals surface area contributed by atoms with E-state index < -0.39 is 0 Å². The van der Waals surface area contributed by atoms with E-state index in [0.717, 1.165) is 16.1 Å². The summed E-state index contributed by atoms with van der Waals surface area (Å²) in [5.41, 5.74) is 1.69. The summed E-state index contributed by atoms with van der Waals surface area (Å²) in [5.74, 6) is -0.239. The Morgan fingerprint density at radius 1 is 1.17 bits per heavy atom. The Morgan fingerprint density at radius 3 is 2.75 bits per heavy atom. The Labute approximate surface area is 151 Å². The predicted octanol–water partition coefficient (Wildman–Crippen LogP) is 5.33. The standard InChI is InChI=1S/C18H13BrFNO2S/c19-14-10-12(20)7-8-16(14)23-11-18(22)21-15-5-2-1-4-13(15)17-6-3-9-24-17/h1-10H,11H2,(H,21,22). The molecule has 1 N–H and O–H groups in total. The molecule has 6 heteroatoms. The van der Waals surface area contributed by atoms with Crippen molar-refractivity contribution >= 4 is 38.9 Å². The number of ether oxygens (including phenoxy) is 1. The lowest BCUT2D eigenvalue weighted by atomic mass is 10.1. The van der Waals surface area contributed by atoms with Crippen LogP contribution in [0.15, 0.2) is 64.5 Å². The highest BCUT2D eigenvalue weighted by molar-refractivity contribution is 9.10. The van der Waals surface area contributed by atoms with Crippen LogP contribution in [0.3, 0.4) is 0 Å². The van der Waals surface area contributed by atoms with Gasteiger partial charge in [-0.3, -0.25) is 4.79 Å². The monoisotopic (exact) mass is 405 g/mol. The molecule has 0 bridgehead atoms. The van der Waals surface area contributed by atoms with Crippen LogP contribution in [0.4, 0.5) is 10.1 Å². The summed E-state index contributed by atoms with van der Waals surface area (Å²) in [6.07, 6.45) is 0. The molecule has 3 nitrogen and oxygen atoms in total. The van der Waals surface area contributed by atoms with Gasteiger partial charge in [0.1, 0.15) is 11.6 Å². The summed E-state index contributed by atoms with van der Waals surface area (Å²) in [6, 6.07) is 15.6. The van der Waals surface area contributed by atoms with Gasteiger partial charge in [0.15, 0.2) is 6.61 Å². The molecular weight excluding hydrogens is 393 g/mol. The van der Waals surface area contributed by atoms with Crippen molar-refractivity contribution in [2.75, 3.05) is 11.9 Å². The smallest absolute Gasteiger partial charge is 0.262 e. The van der Waals surface area contributed by atoms with Crippen molar-refractivity contribution in [1.29, 1.82) is 0 Å². The molecule has 1 aromatic heterocycles. The number of anilines is 1. The van der Waals surface area contributed by atoms with E-state index in [0.29, 0.717) is 10.2 Å². The largest absolute Gasteiger partial charge is 0.483 e. The Bertz CT molecular complexity index is 852. The number of carbonyl (C=O) groups excluding carboxylic acids is 1. The average molecular weight is 406 g/mol. The van der Waals surface area contributed by atoms with E-state index in [4.69, 9.17) is 4.74 Å². The molecule has 0 fully saturated rings. The van der Waals surface area contributed by atoms with Crippen LogP contribution in [0.25, 0.3) is 10.4 Å². The van der Waals surface area contributed by atoms with E-state index in [1.54, 1.807) is 11.3 Å². The Balaban J connectivity index is 1.67. The van der Waals surface area contributed by atoms with Gasteiger partial charge in [-0.1, -0.05) is 24.3 Å². The molecule has 0 unspecified atom stereocenters. The fraction of sp³-hybridized carbons (Fsp3) is 0.0556. The van der Waals surface area contributed by atoms with Gasteiger partial charge in [0.05, 0.1) is 4.47 Å². The highest BCUT2D eigenvalue weighted by Gasteiger charge is 2.10. The van der Waals surface area contributed by atoms with Crippen molar-refractivity contribution in [1.82, 2.24) is 0 Å². The first-order valence-corrected chi connectivity index (χ1v) is 8.81. The van der Waals surface area contributed by atoms with E-state index >= 15 is 0 Å². The van der Waals surface area contributed by atoms with Gasteiger partial charge in [-0.05, 0) is 51.6 Å². The molecule has 1 amide bonds. The van der Waals surface area contributed by atoms with E-state index in [-0.39, 0.29) is 18.3 Å². The number of benzene rings is 2. The number of para-hydroxylation sites is 1. The second-order valence-corrected chi connectivity index (χ2v) is 6.74. The highest BCUT2D eigenvalue weighted by atomic mass is 79.9. The number of hydrogen-bond donors (Lipinski definition) is 1. The van der Waals surface area contributed by atoms with E-state index in [1.807, 2.05) is 41.8 Å². The Kier molecular flexibility index (Phi) is 5.27. The predicted molar refractivity (Wildman–Crippen MR) is 98.0 cm³/mol. The van der Waals surface area contributed by atoms with Crippen LogP contribution >= 0.6 is 27.3 Å². The van der Waals surface area contributed by atoms with Gasteiger partial charge >= 0.3 is 0 Å². The van der Waals surface area contributed by atoms with Gasteiger partial charge in [0.25, 0.3) is 5.91 Å². The Morgan fingerprint density at radius 2 is 2.00 bits per heavy atom. The lowest BCUT2D eigenvalue weighted by Crippen LogP contribution is -2.20. The molecule has 0 saturated heterocycles. The third-order valence-electron chi connectivity index (χ3n) is 3.24. The topological polar surface area (TPSA) is 38.3 Å². The van der Waals surface area contributed by atoms with Crippen molar-refractivity contribution < 1.29 is 13.9 Å². The molecule has 1 heterocycles. The number of carbonyl (C=O) groups is 1. The van der Waals surface area contributed by atoms with Crippen molar-refractivity contribution in [2.24, 2.45) is 0 Å². The number of rotatable bonds is 5. The van der Waals surface area contributed by atoms with Crippen LogP contribution in [0.5, 0.6) is 5.75 Å². The lowest BCUT2D eigenvalue weighted by molar-refractivity contribution is -0.118. The summed E-state index contributed by atoms with van der Waals surface area (Å²) < 4.78 is 18.9. The first-order valence-electron chi connectivity index (χ1n) is 7.14. The van der Waals surface area contributed by atoms with E-state index in [1.165, 1.54) is 18.2 Å². The fourth-order valence-electron chi connectivity index (χ4n) is 2.16. The third-order valence-corrected chi connectivity index (χ3v) is 4.76. The molecule has 0 aliphatic carbocycles. The maximum Gasteiger partial charge on any atom is 0.262 e. The van der Waals surface area contributed by atoms with Crippen LogP contribution < -0.4 is 10.1 Å². The highest BCUT2D eigenvalue weighted by Crippen LogP contribution is 2.31. The fourth-order valence-corrected chi connectivity index (χ4v) is 3.39. The van der Waals surface area contributed by atoms with Gasteiger partial charge < -0.3 is 10.1 Å². The van der Waals surface area contributed by atoms with Crippen LogP contribution in [0.2, 0.25) is 0 Å². The molecule has 122 valence electrons. The molecule has 24 heavy (non-hydrogen) atoms. The summed E-state index contributed by atoms with van der Waals surface area (Å²) in [7, 11) is 0. The molecular formula is C18H13BrFNO2S. The van der Waals surface area contributed by atoms with Gasteiger partial charge in [0, 0.05) is 16.1 Å². The second kappa shape index (κ2) is 7.59. The second-order valence-electron chi connectivity index (χ2n) is 4.93.